The van der Waals surface area contributed by atoms with E-state index < -0.39 is 0 Å². The molecule has 1 aliphatic carbocycles. The quantitative estimate of drug-likeness (QED) is 0.314. The zero-order valence-corrected chi connectivity index (χ0v) is 19.4. The Morgan fingerprint density at radius 1 is 0.824 bits per heavy atom. The second-order valence-electron chi connectivity index (χ2n) is 8.84. The highest BCUT2D eigenvalue weighted by Crippen LogP contribution is 2.46. The average molecular weight is 477 g/mol. The number of thiocarbonyl (C=S) groups is 1. The van der Waals surface area contributed by atoms with Crippen molar-refractivity contribution in [2.24, 2.45) is 16.9 Å². The Bertz CT molecular complexity index is 1140. The number of benzene rings is 3. The van der Waals surface area contributed by atoms with Gasteiger partial charge >= 0.3 is 0 Å². The lowest BCUT2D eigenvalue weighted by Gasteiger charge is -2.47. The molecule has 7 heteroatoms. The number of hydrogen-bond donors (Lipinski definition) is 3. The lowest BCUT2D eigenvalue weighted by molar-refractivity contribution is 0.232. The number of hydrazone groups is 1. The van der Waals surface area contributed by atoms with Crippen LogP contribution in [0.3, 0.4) is 0 Å². The van der Waals surface area contributed by atoms with E-state index >= 15 is 0 Å². The van der Waals surface area contributed by atoms with Gasteiger partial charge in [0.05, 0.1) is 0 Å². The molecule has 2 bridgehead atoms. The van der Waals surface area contributed by atoms with E-state index in [1.54, 1.807) is 24.3 Å². The second-order valence-corrected chi connectivity index (χ2v) is 9.25. The third-order valence-electron chi connectivity index (χ3n) is 6.69. The van der Waals surface area contributed by atoms with E-state index in [0.29, 0.717) is 5.11 Å². The monoisotopic (exact) mass is 476 g/mol. The SMILES string of the molecule is Fc1cccc(C2NC(c3cccc(F)c3)C3CCCC2C3=NNC(=S)Nc2ccccc2)c1. The summed E-state index contributed by atoms with van der Waals surface area (Å²) in [6, 6.07) is 22.8. The number of piperidine rings is 1. The van der Waals surface area contributed by atoms with Crippen LogP contribution in [0.25, 0.3) is 0 Å². The van der Waals surface area contributed by atoms with Crippen LogP contribution < -0.4 is 16.1 Å². The predicted octanol–water partition coefficient (Wildman–Crippen LogP) is 6.11. The summed E-state index contributed by atoms with van der Waals surface area (Å²) < 4.78 is 28.3. The van der Waals surface area contributed by atoms with Crippen LogP contribution in [0.15, 0.2) is 84.0 Å². The highest BCUT2D eigenvalue weighted by Gasteiger charge is 2.45. The number of rotatable bonds is 4. The van der Waals surface area contributed by atoms with Gasteiger partial charge in [0.2, 0.25) is 0 Å². The van der Waals surface area contributed by atoms with Crippen molar-refractivity contribution in [2.45, 2.75) is 31.3 Å². The summed E-state index contributed by atoms with van der Waals surface area (Å²) in [5.41, 5.74) is 6.63. The summed E-state index contributed by atoms with van der Waals surface area (Å²) in [6.45, 7) is 0. The molecule has 0 amide bonds. The molecule has 0 spiro atoms. The van der Waals surface area contributed by atoms with E-state index in [1.165, 1.54) is 12.1 Å². The molecule has 0 radical (unpaired) electrons. The van der Waals surface area contributed by atoms with E-state index in [1.807, 2.05) is 42.5 Å². The summed E-state index contributed by atoms with van der Waals surface area (Å²) in [4.78, 5) is 0. The topological polar surface area (TPSA) is 48.5 Å². The Kier molecular flexibility index (Phi) is 6.65. The number of fused-ring (bicyclic) bond motifs is 2. The van der Waals surface area contributed by atoms with Crippen LogP contribution in [0.1, 0.15) is 42.5 Å². The van der Waals surface area contributed by atoms with Crippen molar-refractivity contribution in [1.82, 2.24) is 10.7 Å². The maximum absolute atomic E-state index is 14.1. The van der Waals surface area contributed by atoms with Gasteiger partial charge in [-0.05, 0) is 72.6 Å². The van der Waals surface area contributed by atoms with Crippen molar-refractivity contribution in [3.8, 4) is 0 Å². The van der Waals surface area contributed by atoms with E-state index in [0.717, 1.165) is 41.8 Å². The number of para-hydroxylation sites is 1. The summed E-state index contributed by atoms with van der Waals surface area (Å²) in [6.07, 6.45) is 2.89. The van der Waals surface area contributed by atoms with Crippen molar-refractivity contribution in [3.63, 3.8) is 0 Å². The molecule has 174 valence electrons. The highest BCUT2D eigenvalue weighted by molar-refractivity contribution is 7.80. The van der Waals surface area contributed by atoms with E-state index in [9.17, 15) is 8.78 Å². The molecule has 0 aromatic heterocycles. The Balaban J connectivity index is 1.48. The Hall–Kier alpha value is -3.16. The summed E-state index contributed by atoms with van der Waals surface area (Å²) >= 11 is 5.47. The molecule has 3 aromatic carbocycles. The molecule has 1 saturated carbocycles. The molecule has 3 aromatic rings. The first kappa shape index (κ1) is 22.6. The molecule has 2 fully saturated rings. The minimum Gasteiger partial charge on any atom is -0.331 e. The van der Waals surface area contributed by atoms with Crippen molar-refractivity contribution in [3.05, 3.63) is 102 Å². The molecular weight excluding hydrogens is 450 g/mol. The zero-order chi connectivity index (χ0) is 23.5. The smallest absolute Gasteiger partial charge is 0.191 e. The van der Waals surface area contributed by atoms with Crippen LogP contribution in [0.2, 0.25) is 0 Å². The van der Waals surface area contributed by atoms with Gasteiger partial charge in [0.15, 0.2) is 5.11 Å². The number of nitrogens with zero attached hydrogens (tertiary/aromatic N) is 1. The summed E-state index contributed by atoms with van der Waals surface area (Å²) in [5.74, 6) is -0.386. The highest BCUT2D eigenvalue weighted by atomic mass is 32.1. The van der Waals surface area contributed by atoms with Gasteiger partial charge in [-0.25, -0.2) is 8.78 Å². The van der Waals surface area contributed by atoms with Crippen LogP contribution >= 0.6 is 12.2 Å². The number of nitrogens with one attached hydrogen (secondary N) is 3. The van der Waals surface area contributed by atoms with Gasteiger partial charge < -0.3 is 10.6 Å². The maximum Gasteiger partial charge on any atom is 0.191 e. The molecule has 5 rings (SSSR count). The van der Waals surface area contributed by atoms with Crippen molar-refractivity contribution in [2.75, 3.05) is 5.32 Å². The lowest BCUT2D eigenvalue weighted by Crippen LogP contribution is -2.51. The fourth-order valence-electron chi connectivity index (χ4n) is 5.25. The van der Waals surface area contributed by atoms with E-state index in [-0.39, 0.29) is 35.6 Å². The van der Waals surface area contributed by atoms with Gasteiger partial charge in [0.1, 0.15) is 11.6 Å². The van der Waals surface area contributed by atoms with E-state index in [2.05, 4.69) is 16.1 Å². The molecule has 4 nitrogen and oxygen atoms in total. The van der Waals surface area contributed by atoms with Gasteiger partial charge in [0, 0.05) is 35.3 Å². The van der Waals surface area contributed by atoms with Gasteiger partial charge in [-0.15, -0.1) is 0 Å². The molecule has 2 aliphatic rings. The average Bonchev–Trinajstić information content (AvgIpc) is 2.83. The van der Waals surface area contributed by atoms with Crippen molar-refractivity contribution in [1.29, 1.82) is 0 Å². The fraction of sp³-hybridized carbons (Fsp3) is 0.259. The van der Waals surface area contributed by atoms with E-state index in [4.69, 9.17) is 17.3 Å². The number of hydrogen-bond acceptors (Lipinski definition) is 3. The molecule has 4 atom stereocenters. The van der Waals surface area contributed by atoms with Gasteiger partial charge in [-0.2, -0.15) is 5.10 Å². The maximum atomic E-state index is 14.1. The Labute approximate surface area is 203 Å². The zero-order valence-electron chi connectivity index (χ0n) is 18.5. The second kappa shape index (κ2) is 9.99. The molecule has 1 aliphatic heterocycles. The molecule has 1 saturated heterocycles. The fourth-order valence-corrected chi connectivity index (χ4v) is 5.41. The third-order valence-corrected chi connectivity index (χ3v) is 6.88. The summed E-state index contributed by atoms with van der Waals surface area (Å²) in [7, 11) is 0. The molecular formula is C27H26F2N4S. The van der Waals surface area contributed by atoms with Gasteiger partial charge in [-0.1, -0.05) is 48.9 Å². The Morgan fingerprint density at radius 2 is 1.41 bits per heavy atom. The molecule has 1 heterocycles. The number of halogens is 2. The minimum atomic E-state index is -0.274. The standard InChI is InChI=1S/C27H26F2N4S/c28-19-9-4-7-17(15-19)24-22-13-6-14-23(25(31-24)18-8-5-10-20(29)16-18)26(22)32-33-27(34)30-21-11-2-1-3-12-21/h1-5,7-12,15-16,22-25,31H,6,13-14H2,(H2,30,33,34). The third kappa shape index (κ3) is 4.86. The van der Waals surface area contributed by atoms with Crippen LogP contribution in [-0.4, -0.2) is 10.8 Å². The summed E-state index contributed by atoms with van der Waals surface area (Å²) in [5, 5.41) is 12.1. The largest absolute Gasteiger partial charge is 0.331 e. The molecule has 4 unspecified atom stereocenters. The van der Waals surface area contributed by atoms with Crippen LogP contribution in [0.5, 0.6) is 0 Å². The lowest BCUT2D eigenvalue weighted by atomic mass is 9.67. The van der Waals surface area contributed by atoms with Crippen LogP contribution in [0.4, 0.5) is 14.5 Å². The first-order valence-corrected chi connectivity index (χ1v) is 12.0. The Morgan fingerprint density at radius 3 is 1.97 bits per heavy atom. The first-order valence-electron chi connectivity index (χ1n) is 11.5. The molecule has 34 heavy (non-hydrogen) atoms. The van der Waals surface area contributed by atoms with Crippen molar-refractivity contribution >= 4 is 28.7 Å². The minimum absolute atomic E-state index is 0.0809. The van der Waals surface area contributed by atoms with Gasteiger partial charge in [-0.3, -0.25) is 5.43 Å². The predicted molar refractivity (Wildman–Crippen MR) is 135 cm³/mol. The molecule has 3 N–H and O–H groups in total. The van der Waals surface area contributed by atoms with Gasteiger partial charge in [0.25, 0.3) is 0 Å². The number of anilines is 1. The van der Waals surface area contributed by atoms with Crippen LogP contribution in [-0.2, 0) is 0 Å². The first-order chi connectivity index (χ1) is 16.6. The normalized spacial score (nSPS) is 23.8. The van der Waals surface area contributed by atoms with Crippen LogP contribution in [0, 0.1) is 23.5 Å². The van der Waals surface area contributed by atoms with Crippen molar-refractivity contribution < 1.29 is 8.78 Å².